The molecule has 21 heavy (non-hydrogen) atoms. The molecule has 106 valence electrons. The molecule has 0 unspecified atom stereocenters. The molecule has 0 fully saturated rings. The fourth-order valence-electron chi connectivity index (χ4n) is 1.97. The van der Waals surface area contributed by atoms with E-state index in [9.17, 15) is 4.79 Å². The SMILES string of the molecule is COC(=O)Oc1ccc2nc(-c3ccccc3Cl)cn2c1. The average Bonchev–Trinajstić information content (AvgIpc) is 2.90. The summed E-state index contributed by atoms with van der Waals surface area (Å²) >= 11 is 6.17. The van der Waals surface area contributed by atoms with Crippen LogP contribution in [0.4, 0.5) is 4.79 Å². The van der Waals surface area contributed by atoms with E-state index in [0.717, 1.165) is 16.9 Å². The van der Waals surface area contributed by atoms with E-state index in [4.69, 9.17) is 16.3 Å². The number of hydrogen-bond acceptors (Lipinski definition) is 4. The van der Waals surface area contributed by atoms with E-state index in [-0.39, 0.29) is 0 Å². The predicted octanol–water partition coefficient (Wildman–Crippen LogP) is 3.80. The minimum Gasteiger partial charge on any atom is -0.437 e. The van der Waals surface area contributed by atoms with Crippen molar-refractivity contribution in [2.75, 3.05) is 7.11 Å². The van der Waals surface area contributed by atoms with Gasteiger partial charge < -0.3 is 13.9 Å². The van der Waals surface area contributed by atoms with Crippen molar-refractivity contribution in [1.82, 2.24) is 9.38 Å². The molecular weight excluding hydrogens is 292 g/mol. The number of pyridine rings is 1. The van der Waals surface area contributed by atoms with Crippen molar-refractivity contribution in [3.05, 3.63) is 53.8 Å². The quantitative estimate of drug-likeness (QED) is 0.676. The maximum Gasteiger partial charge on any atom is 0.513 e. The molecule has 0 radical (unpaired) electrons. The van der Waals surface area contributed by atoms with E-state index in [0.29, 0.717) is 10.8 Å². The molecular formula is C15H11ClN2O3. The van der Waals surface area contributed by atoms with Gasteiger partial charge in [0.05, 0.1) is 24.0 Å². The van der Waals surface area contributed by atoms with Gasteiger partial charge in [0.25, 0.3) is 0 Å². The normalized spacial score (nSPS) is 10.6. The van der Waals surface area contributed by atoms with Crippen molar-refractivity contribution in [3.8, 4) is 17.0 Å². The first-order chi connectivity index (χ1) is 10.2. The van der Waals surface area contributed by atoms with E-state index in [1.54, 1.807) is 22.7 Å². The topological polar surface area (TPSA) is 52.8 Å². The fraction of sp³-hybridized carbons (Fsp3) is 0.0667. The summed E-state index contributed by atoms with van der Waals surface area (Å²) in [4.78, 5) is 15.6. The molecule has 0 bridgehead atoms. The van der Waals surface area contributed by atoms with Crippen molar-refractivity contribution >= 4 is 23.4 Å². The second kappa shape index (κ2) is 5.46. The number of methoxy groups -OCH3 is 1. The summed E-state index contributed by atoms with van der Waals surface area (Å²) in [5.41, 5.74) is 2.32. The van der Waals surface area contributed by atoms with Crippen molar-refractivity contribution in [3.63, 3.8) is 0 Å². The summed E-state index contributed by atoms with van der Waals surface area (Å²) in [6.07, 6.45) is 2.71. The van der Waals surface area contributed by atoms with Crippen molar-refractivity contribution in [2.45, 2.75) is 0 Å². The van der Waals surface area contributed by atoms with Gasteiger partial charge in [0, 0.05) is 11.8 Å². The second-order valence-corrected chi connectivity index (χ2v) is 4.70. The zero-order valence-corrected chi connectivity index (χ0v) is 11.9. The number of benzene rings is 1. The summed E-state index contributed by atoms with van der Waals surface area (Å²) < 4.78 is 11.2. The van der Waals surface area contributed by atoms with Gasteiger partial charge in [-0.05, 0) is 18.2 Å². The van der Waals surface area contributed by atoms with Gasteiger partial charge in [-0.3, -0.25) is 0 Å². The molecule has 0 aliphatic heterocycles. The van der Waals surface area contributed by atoms with Crippen LogP contribution in [0, 0.1) is 0 Å². The number of imidazole rings is 1. The Kier molecular flexibility index (Phi) is 3.50. The average molecular weight is 303 g/mol. The molecule has 0 aliphatic rings. The predicted molar refractivity (Wildman–Crippen MR) is 78.7 cm³/mol. The number of nitrogens with zero attached hydrogens (tertiary/aromatic N) is 2. The zero-order chi connectivity index (χ0) is 14.8. The second-order valence-electron chi connectivity index (χ2n) is 4.29. The highest BCUT2D eigenvalue weighted by molar-refractivity contribution is 6.33. The van der Waals surface area contributed by atoms with E-state index in [2.05, 4.69) is 9.72 Å². The summed E-state index contributed by atoms with van der Waals surface area (Å²) in [6, 6.07) is 10.9. The highest BCUT2D eigenvalue weighted by atomic mass is 35.5. The van der Waals surface area contributed by atoms with E-state index < -0.39 is 6.16 Å². The Balaban J connectivity index is 2.01. The lowest BCUT2D eigenvalue weighted by molar-refractivity contribution is 0.121. The van der Waals surface area contributed by atoms with Crippen LogP contribution in [-0.4, -0.2) is 22.6 Å². The van der Waals surface area contributed by atoms with Crippen LogP contribution in [0.15, 0.2) is 48.8 Å². The third-order valence-corrected chi connectivity index (χ3v) is 3.27. The smallest absolute Gasteiger partial charge is 0.437 e. The Morgan fingerprint density at radius 2 is 2.00 bits per heavy atom. The molecule has 1 aromatic carbocycles. The van der Waals surface area contributed by atoms with Crippen molar-refractivity contribution in [1.29, 1.82) is 0 Å². The molecule has 2 heterocycles. The number of fused-ring (bicyclic) bond motifs is 1. The van der Waals surface area contributed by atoms with Crippen LogP contribution >= 0.6 is 11.6 Å². The number of rotatable bonds is 2. The summed E-state index contributed by atoms with van der Waals surface area (Å²) in [5.74, 6) is 0.373. The highest BCUT2D eigenvalue weighted by Crippen LogP contribution is 2.27. The molecule has 0 spiro atoms. The monoisotopic (exact) mass is 302 g/mol. The highest BCUT2D eigenvalue weighted by Gasteiger charge is 2.09. The Hall–Kier alpha value is -2.53. The molecule has 0 aliphatic carbocycles. The number of halogens is 1. The minimum atomic E-state index is -0.763. The summed E-state index contributed by atoms with van der Waals surface area (Å²) in [6.45, 7) is 0. The van der Waals surface area contributed by atoms with Gasteiger partial charge in [-0.15, -0.1) is 0 Å². The largest absolute Gasteiger partial charge is 0.513 e. The number of ether oxygens (including phenoxy) is 2. The third kappa shape index (κ3) is 2.68. The van der Waals surface area contributed by atoms with Crippen LogP contribution < -0.4 is 4.74 Å². The molecule has 3 rings (SSSR count). The number of hydrogen-bond donors (Lipinski definition) is 0. The standard InChI is InChI=1S/C15H11ClN2O3/c1-20-15(19)21-10-6-7-14-17-13(9-18(14)8-10)11-4-2-3-5-12(11)16/h2-9H,1H3. The first kappa shape index (κ1) is 13.5. The maximum absolute atomic E-state index is 11.1. The summed E-state index contributed by atoms with van der Waals surface area (Å²) in [7, 11) is 1.26. The molecule has 0 saturated carbocycles. The molecule has 3 aromatic rings. The van der Waals surface area contributed by atoms with E-state index in [1.165, 1.54) is 7.11 Å². The first-order valence-corrected chi connectivity index (χ1v) is 6.54. The number of aromatic nitrogens is 2. The lowest BCUT2D eigenvalue weighted by Crippen LogP contribution is -2.07. The van der Waals surface area contributed by atoms with Gasteiger partial charge in [-0.1, -0.05) is 29.8 Å². The fourth-order valence-corrected chi connectivity index (χ4v) is 2.20. The molecule has 0 saturated heterocycles. The van der Waals surface area contributed by atoms with Gasteiger partial charge >= 0.3 is 6.16 Å². The van der Waals surface area contributed by atoms with Gasteiger partial charge in [0.1, 0.15) is 5.65 Å². The molecule has 2 aromatic heterocycles. The Morgan fingerprint density at radius 3 is 2.76 bits per heavy atom. The van der Waals surface area contributed by atoms with Gasteiger partial charge in [0.15, 0.2) is 5.75 Å². The molecule has 6 heteroatoms. The molecule has 0 atom stereocenters. The molecule has 0 N–H and O–H groups in total. The Labute approximate surface area is 125 Å². The van der Waals surface area contributed by atoms with Crippen LogP contribution in [0.5, 0.6) is 5.75 Å². The third-order valence-electron chi connectivity index (χ3n) is 2.94. The van der Waals surface area contributed by atoms with Gasteiger partial charge in [-0.25, -0.2) is 9.78 Å². The number of carbonyl (C=O) groups is 1. The zero-order valence-electron chi connectivity index (χ0n) is 11.1. The van der Waals surface area contributed by atoms with E-state index >= 15 is 0 Å². The van der Waals surface area contributed by atoms with Crippen LogP contribution in [0.3, 0.4) is 0 Å². The van der Waals surface area contributed by atoms with Crippen LogP contribution in [0.2, 0.25) is 5.02 Å². The van der Waals surface area contributed by atoms with E-state index in [1.807, 2.05) is 30.5 Å². The van der Waals surface area contributed by atoms with Crippen molar-refractivity contribution < 1.29 is 14.3 Å². The van der Waals surface area contributed by atoms with Gasteiger partial charge in [0.2, 0.25) is 0 Å². The Morgan fingerprint density at radius 1 is 1.19 bits per heavy atom. The van der Waals surface area contributed by atoms with Crippen molar-refractivity contribution in [2.24, 2.45) is 0 Å². The van der Waals surface area contributed by atoms with Crippen LogP contribution in [-0.2, 0) is 4.74 Å². The van der Waals surface area contributed by atoms with Gasteiger partial charge in [-0.2, -0.15) is 0 Å². The summed E-state index contributed by atoms with van der Waals surface area (Å²) in [5, 5.41) is 0.631. The minimum absolute atomic E-state index is 0.373. The maximum atomic E-state index is 11.1. The van der Waals surface area contributed by atoms with Crippen LogP contribution in [0.25, 0.3) is 16.9 Å². The lowest BCUT2D eigenvalue weighted by Gasteiger charge is -2.02. The first-order valence-electron chi connectivity index (χ1n) is 6.17. The molecule has 0 amide bonds. The lowest BCUT2D eigenvalue weighted by atomic mass is 10.2. The van der Waals surface area contributed by atoms with Crippen LogP contribution in [0.1, 0.15) is 0 Å². The molecule has 5 nitrogen and oxygen atoms in total. The Bertz CT molecular complexity index is 814. The number of carbonyl (C=O) groups excluding carboxylic acids is 1.